The first-order valence-corrected chi connectivity index (χ1v) is 7.37. The van der Waals surface area contributed by atoms with Gasteiger partial charge in [0, 0.05) is 18.6 Å². The van der Waals surface area contributed by atoms with E-state index in [1.807, 2.05) is 43.0 Å². The summed E-state index contributed by atoms with van der Waals surface area (Å²) in [4.78, 5) is 2.15. The first kappa shape index (κ1) is 14.5. The standard InChI is InChI=1S/C12H15ClN4S2/c1-14-11-15-17(12(18)19-11)8-16(2)7-9-3-5-10(13)6-4-9/h3-6H,7-8H2,1-2H3,(H,14,15). The van der Waals surface area contributed by atoms with E-state index in [9.17, 15) is 0 Å². The molecule has 0 saturated heterocycles. The van der Waals surface area contributed by atoms with Crippen molar-refractivity contribution in [3.05, 3.63) is 38.8 Å². The molecule has 0 bridgehead atoms. The Hall–Kier alpha value is -0.950. The van der Waals surface area contributed by atoms with E-state index in [0.717, 1.165) is 20.7 Å². The highest BCUT2D eigenvalue weighted by Gasteiger charge is 2.06. The Morgan fingerprint density at radius 1 is 1.42 bits per heavy atom. The zero-order chi connectivity index (χ0) is 13.8. The zero-order valence-corrected chi connectivity index (χ0v) is 13.1. The van der Waals surface area contributed by atoms with Crippen LogP contribution in [0.4, 0.5) is 5.13 Å². The highest BCUT2D eigenvalue weighted by Crippen LogP contribution is 2.15. The van der Waals surface area contributed by atoms with Crippen LogP contribution in [0.5, 0.6) is 0 Å². The molecule has 0 aliphatic rings. The average Bonchev–Trinajstić information content (AvgIpc) is 2.73. The van der Waals surface area contributed by atoms with Gasteiger partial charge in [-0.2, -0.15) is 0 Å². The van der Waals surface area contributed by atoms with E-state index in [1.54, 1.807) is 0 Å². The van der Waals surface area contributed by atoms with Gasteiger partial charge < -0.3 is 5.32 Å². The van der Waals surface area contributed by atoms with E-state index in [0.29, 0.717) is 6.67 Å². The van der Waals surface area contributed by atoms with Gasteiger partial charge in [-0.25, -0.2) is 4.68 Å². The summed E-state index contributed by atoms with van der Waals surface area (Å²) in [5.41, 5.74) is 1.21. The molecule has 1 aromatic heterocycles. The van der Waals surface area contributed by atoms with Crippen LogP contribution in [0.25, 0.3) is 0 Å². The fraction of sp³-hybridized carbons (Fsp3) is 0.333. The molecule has 0 radical (unpaired) electrons. The monoisotopic (exact) mass is 314 g/mol. The molecule has 4 nitrogen and oxygen atoms in total. The van der Waals surface area contributed by atoms with Crippen LogP contribution in [0, 0.1) is 3.95 Å². The van der Waals surface area contributed by atoms with Crippen LogP contribution in [0.1, 0.15) is 5.56 Å². The number of halogens is 1. The molecule has 0 aliphatic heterocycles. The summed E-state index contributed by atoms with van der Waals surface area (Å²) < 4.78 is 2.59. The van der Waals surface area contributed by atoms with Gasteiger partial charge in [-0.1, -0.05) is 35.1 Å². The number of nitrogens with one attached hydrogen (secondary N) is 1. The quantitative estimate of drug-likeness (QED) is 0.857. The molecule has 0 fully saturated rings. The largest absolute Gasteiger partial charge is 0.363 e. The van der Waals surface area contributed by atoms with Crippen molar-refractivity contribution in [2.45, 2.75) is 13.2 Å². The smallest absolute Gasteiger partial charge is 0.204 e. The lowest BCUT2D eigenvalue weighted by atomic mass is 10.2. The number of hydrogen-bond donors (Lipinski definition) is 1. The van der Waals surface area contributed by atoms with Gasteiger partial charge in [0.05, 0.1) is 6.67 Å². The van der Waals surface area contributed by atoms with Crippen LogP contribution in [-0.2, 0) is 13.2 Å². The van der Waals surface area contributed by atoms with Crippen LogP contribution >= 0.6 is 35.2 Å². The predicted molar refractivity (Wildman–Crippen MR) is 83.4 cm³/mol. The van der Waals surface area contributed by atoms with Crippen molar-refractivity contribution in [3.63, 3.8) is 0 Å². The molecule has 1 heterocycles. The number of nitrogens with zero attached hydrogens (tertiary/aromatic N) is 3. The third kappa shape index (κ3) is 4.01. The van der Waals surface area contributed by atoms with E-state index in [4.69, 9.17) is 23.8 Å². The highest BCUT2D eigenvalue weighted by molar-refractivity contribution is 7.73. The van der Waals surface area contributed by atoms with Gasteiger partial charge in [0.2, 0.25) is 5.13 Å². The molecule has 0 spiro atoms. The Morgan fingerprint density at radius 2 is 2.11 bits per heavy atom. The van der Waals surface area contributed by atoms with Crippen molar-refractivity contribution in [1.29, 1.82) is 0 Å². The van der Waals surface area contributed by atoms with E-state index in [2.05, 4.69) is 15.3 Å². The number of aromatic nitrogens is 2. The van der Waals surface area contributed by atoms with Gasteiger partial charge in [0.1, 0.15) is 0 Å². The Balaban J connectivity index is 2.00. The molecule has 7 heteroatoms. The van der Waals surface area contributed by atoms with Crippen molar-refractivity contribution in [1.82, 2.24) is 14.7 Å². The van der Waals surface area contributed by atoms with Crippen molar-refractivity contribution in [3.8, 4) is 0 Å². The summed E-state index contributed by atoms with van der Waals surface area (Å²) in [6.45, 7) is 1.49. The van der Waals surface area contributed by atoms with Crippen LogP contribution in [0.3, 0.4) is 0 Å². The van der Waals surface area contributed by atoms with Crippen molar-refractivity contribution in [2.24, 2.45) is 0 Å². The van der Waals surface area contributed by atoms with Crippen LogP contribution in [-0.4, -0.2) is 28.8 Å². The molecule has 0 saturated carbocycles. The molecule has 1 aromatic carbocycles. The summed E-state index contributed by atoms with van der Waals surface area (Å²) >= 11 is 12.6. The molecule has 0 unspecified atom stereocenters. The average molecular weight is 315 g/mol. The number of rotatable bonds is 5. The molecule has 1 N–H and O–H groups in total. The number of anilines is 1. The van der Waals surface area contributed by atoms with E-state index >= 15 is 0 Å². The Bertz CT molecular complexity index is 591. The van der Waals surface area contributed by atoms with Crippen LogP contribution in [0.15, 0.2) is 24.3 Å². The lowest BCUT2D eigenvalue weighted by Gasteiger charge is -2.16. The van der Waals surface area contributed by atoms with Gasteiger partial charge in [-0.3, -0.25) is 4.90 Å². The number of hydrogen-bond acceptors (Lipinski definition) is 5. The molecule has 19 heavy (non-hydrogen) atoms. The summed E-state index contributed by atoms with van der Waals surface area (Å²) in [7, 11) is 3.88. The second-order valence-corrected chi connectivity index (χ2v) is 6.26. The minimum atomic E-state index is 0.666. The molecule has 2 aromatic rings. The topological polar surface area (TPSA) is 33.1 Å². The van der Waals surface area contributed by atoms with Crippen molar-refractivity contribution >= 4 is 40.3 Å². The predicted octanol–water partition coefficient (Wildman–Crippen LogP) is 3.46. The molecular formula is C12H15ClN4S2. The molecular weight excluding hydrogens is 300 g/mol. The highest BCUT2D eigenvalue weighted by atomic mass is 35.5. The maximum atomic E-state index is 5.87. The summed E-state index contributed by atoms with van der Waals surface area (Å²) in [5, 5.41) is 8.98. The third-order valence-corrected chi connectivity index (χ3v) is 4.14. The summed E-state index contributed by atoms with van der Waals surface area (Å²) in [6.07, 6.45) is 0. The second-order valence-electron chi connectivity index (χ2n) is 4.20. The fourth-order valence-electron chi connectivity index (χ4n) is 1.68. The number of benzene rings is 1. The zero-order valence-electron chi connectivity index (χ0n) is 10.8. The fourth-order valence-corrected chi connectivity index (χ4v) is 2.75. The first-order chi connectivity index (χ1) is 9.08. The Morgan fingerprint density at radius 3 is 2.68 bits per heavy atom. The minimum absolute atomic E-state index is 0.666. The van der Waals surface area contributed by atoms with E-state index in [1.165, 1.54) is 16.9 Å². The van der Waals surface area contributed by atoms with Crippen molar-refractivity contribution < 1.29 is 0 Å². The molecule has 0 aliphatic carbocycles. The van der Waals surface area contributed by atoms with Gasteiger partial charge in [0.25, 0.3) is 0 Å². The van der Waals surface area contributed by atoms with Crippen LogP contribution < -0.4 is 5.32 Å². The van der Waals surface area contributed by atoms with Gasteiger partial charge in [-0.05, 0) is 37.0 Å². The minimum Gasteiger partial charge on any atom is -0.363 e. The molecule has 2 rings (SSSR count). The summed E-state index contributed by atoms with van der Waals surface area (Å²) in [5.74, 6) is 0. The molecule has 102 valence electrons. The lowest BCUT2D eigenvalue weighted by molar-refractivity contribution is 0.245. The normalized spacial score (nSPS) is 10.9. The van der Waals surface area contributed by atoms with Gasteiger partial charge in [-0.15, -0.1) is 5.10 Å². The van der Waals surface area contributed by atoms with E-state index < -0.39 is 0 Å². The van der Waals surface area contributed by atoms with Crippen molar-refractivity contribution in [2.75, 3.05) is 19.4 Å². The molecule has 0 amide bonds. The summed E-state index contributed by atoms with van der Waals surface area (Å²) in [6, 6.07) is 7.85. The van der Waals surface area contributed by atoms with E-state index in [-0.39, 0.29) is 0 Å². The lowest BCUT2D eigenvalue weighted by Crippen LogP contribution is -2.22. The Labute approximate surface area is 126 Å². The first-order valence-electron chi connectivity index (χ1n) is 5.77. The Kier molecular flexibility index (Phi) is 4.93. The third-order valence-electron chi connectivity index (χ3n) is 2.56. The maximum Gasteiger partial charge on any atom is 0.204 e. The SMILES string of the molecule is CNc1nn(CN(C)Cc2ccc(Cl)cc2)c(=S)s1. The van der Waals surface area contributed by atoms with Gasteiger partial charge >= 0.3 is 0 Å². The second kappa shape index (κ2) is 6.47. The molecule has 0 atom stereocenters. The van der Waals surface area contributed by atoms with Crippen LogP contribution in [0.2, 0.25) is 5.02 Å². The van der Waals surface area contributed by atoms with Gasteiger partial charge in [0.15, 0.2) is 3.95 Å². The maximum absolute atomic E-state index is 5.87.